The molecule has 2 rings (SSSR count). The second kappa shape index (κ2) is 6.53. The standard InChI is InChI=1S/C17H27NO/c1-17(2,13-19-3)15-8-6-7-14(11-15)12-16-9-4-5-10-18-16/h6-8,11,16,18H,4-5,9-10,12-13H2,1-3H3. The van der Waals surface area contributed by atoms with E-state index in [4.69, 9.17) is 4.74 Å². The molecule has 2 nitrogen and oxygen atoms in total. The molecule has 1 atom stereocenters. The van der Waals surface area contributed by atoms with Crippen molar-refractivity contribution in [3.05, 3.63) is 35.4 Å². The summed E-state index contributed by atoms with van der Waals surface area (Å²) in [7, 11) is 1.78. The maximum atomic E-state index is 5.34. The molecule has 1 aliphatic heterocycles. The van der Waals surface area contributed by atoms with E-state index in [2.05, 4.69) is 43.4 Å². The lowest BCUT2D eigenvalue weighted by Crippen LogP contribution is -2.35. The van der Waals surface area contributed by atoms with Crippen molar-refractivity contribution in [3.8, 4) is 0 Å². The van der Waals surface area contributed by atoms with Gasteiger partial charge in [-0.25, -0.2) is 0 Å². The van der Waals surface area contributed by atoms with E-state index in [0.29, 0.717) is 6.04 Å². The van der Waals surface area contributed by atoms with Crippen LogP contribution in [0.4, 0.5) is 0 Å². The van der Waals surface area contributed by atoms with Gasteiger partial charge in [0.25, 0.3) is 0 Å². The lowest BCUT2D eigenvalue weighted by atomic mass is 9.84. The van der Waals surface area contributed by atoms with E-state index in [1.165, 1.54) is 36.9 Å². The minimum absolute atomic E-state index is 0.0880. The molecule has 0 amide bonds. The minimum atomic E-state index is 0.0880. The fourth-order valence-electron chi connectivity index (χ4n) is 2.95. The highest BCUT2D eigenvalue weighted by Crippen LogP contribution is 2.25. The van der Waals surface area contributed by atoms with Crippen LogP contribution < -0.4 is 5.32 Å². The lowest BCUT2D eigenvalue weighted by Gasteiger charge is -2.26. The Morgan fingerprint density at radius 3 is 2.84 bits per heavy atom. The highest BCUT2D eigenvalue weighted by atomic mass is 16.5. The molecule has 1 aliphatic rings. The first-order chi connectivity index (χ1) is 9.12. The van der Waals surface area contributed by atoms with Crippen LogP contribution in [0.3, 0.4) is 0 Å². The van der Waals surface area contributed by atoms with Gasteiger partial charge in [-0.2, -0.15) is 0 Å². The van der Waals surface area contributed by atoms with Crippen LogP contribution in [0.15, 0.2) is 24.3 Å². The quantitative estimate of drug-likeness (QED) is 0.878. The van der Waals surface area contributed by atoms with Crippen molar-refractivity contribution >= 4 is 0 Å². The molecule has 1 N–H and O–H groups in total. The number of ether oxygens (including phenoxy) is 1. The van der Waals surface area contributed by atoms with Gasteiger partial charge in [0.15, 0.2) is 0 Å². The molecule has 1 saturated heterocycles. The fourth-order valence-corrected chi connectivity index (χ4v) is 2.95. The monoisotopic (exact) mass is 261 g/mol. The molecule has 2 heteroatoms. The van der Waals surface area contributed by atoms with Crippen LogP contribution in [0.5, 0.6) is 0 Å². The number of hydrogen-bond acceptors (Lipinski definition) is 2. The molecule has 1 aromatic carbocycles. The Kier molecular flexibility index (Phi) is 5.00. The van der Waals surface area contributed by atoms with Crippen molar-refractivity contribution in [1.82, 2.24) is 5.32 Å². The normalized spacial score (nSPS) is 20.5. The summed E-state index contributed by atoms with van der Waals surface area (Å²) in [5, 5.41) is 3.63. The van der Waals surface area contributed by atoms with Crippen molar-refractivity contribution in [3.63, 3.8) is 0 Å². The van der Waals surface area contributed by atoms with Crippen molar-refractivity contribution in [1.29, 1.82) is 0 Å². The van der Waals surface area contributed by atoms with E-state index in [1.54, 1.807) is 7.11 Å². The number of benzene rings is 1. The Balaban J connectivity index is 2.06. The van der Waals surface area contributed by atoms with E-state index in [0.717, 1.165) is 13.0 Å². The molecule has 19 heavy (non-hydrogen) atoms. The Morgan fingerprint density at radius 2 is 2.16 bits per heavy atom. The van der Waals surface area contributed by atoms with E-state index in [-0.39, 0.29) is 5.41 Å². The molecule has 1 unspecified atom stereocenters. The fraction of sp³-hybridized carbons (Fsp3) is 0.647. The first-order valence-corrected chi connectivity index (χ1v) is 7.43. The third-order valence-electron chi connectivity index (χ3n) is 4.11. The summed E-state index contributed by atoms with van der Waals surface area (Å²) in [5.41, 5.74) is 2.91. The molecule has 0 aliphatic carbocycles. The van der Waals surface area contributed by atoms with Gasteiger partial charge in [-0.1, -0.05) is 44.5 Å². The van der Waals surface area contributed by atoms with Gasteiger partial charge in [0.05, 0.1) is 6.61 Å². The summed E-state index contributed by atoms with van der Waals surface area (Å²) in [5.74, 6) is 0. The second-order valence-corrected chi connectivity index (χ2v) is 6.37. The van der Waals surface area contributed by atoms with Crippen LogP contribution in [0.2, 0.25) is 0 Å². The number of rotatable bonds is 5. The van der Waals surface area contributed by atoms with E-state index in [9.17, 15) is 0 Å². The molecule has 1 heterocycles. The average molecular weight is 261 g/mol. The highest BCUT2D eigenvalue weighted by molar-refractivity contribution is 5.30. The molecule has 1 aromatic rings. The average Bonchev–Trinajstić information content (AvgIpc) is 2.40. The number of nitrogens with one attached hydrogen (secondary N) is 1. The lowest BCUT2D eigenvalue weighted by molar-refractivity contribution is 0.146. The van der Waals surface area contributed by atoms with Gasteiger partial charge in [0.2, 0.25) is 0 Å². The number of hydrogen-bond donors (Lipinski definition) is 1. The first kappa shape index (κ1) is 14.5. The summed E-state index contributed by atoms with van der Waals surface area (Å²) < 4.78 is 5.34. The summed E-state index contributed by atoms with van der Waals surface area (Å²) in [6, 6.07) is 9.68. The zero-order valence-corrected chi connectivity index (χ0v) is 12.5. The zero-order chi connectivity index (χ0) is 13.7. The van der Waals surface area contributed by atoms with Crippen molar-refractivity contribution in [2.24, 2.45) is 0 Å². The largest absolute Gasteiger partial charge is 0.384 e. The van der Waals surface area contributed by atoms with Gasteiger partial charge in [0.1, 0.15) is 0 Å². The Hall–Kier alpha value is -0.860. The molecule has 1 fully saturated rings. The number of methoxy groups -OCH3 is 1. The number of piperidine rings is 1. The molecule has 0 aromatic heterocycles. The zero-order valence-electron chi connectivity index (χ0n) is 12.5. The van der Waals surface area contributed by atoms with Crippen LogP contribution in [-0.4, -0.2) is 26.3 Å². The van der Waals surface area contributed by atoms with Gasteiger partial charge in [-0.3, -0.25) is 0 Å². The van der Waals surface area contributed by atoms with E-state index >= 15 is 0 Å². The molecule has 0 bridgehead atoms. The van der Waals surface area contributed by atoms with Crippen molar-refractivity contribution in [2.45, 2.75) is 51.0 Å². The summed E-state index contributed by atoms with van der Waals surface area (Å²) in [6.07, 6.45) is 5.16. The van der Waals surface area contributed by atoms with Crippen LogP contribution in [0.25, 0.3) is 0 Å². The van der Waals surface area contributed by atoms with Crippen molar-refractivity contribution in [2.75, 3.05) is 20.3 Å². The molecule has 0 saturated carbocycles. The van der Waals surface area contributed by atoms with Crippen LogP contribution in [0, 0.1) is 0 Å². The second-order valence-electron chi connectivity index (χ2n) is 6.37. The SMILES string of the molecule is COCC(C)(C)c1cccc(CC2CCCCN2)c1. The Labute approximate surface area is 117 Å². The molecular formula is C17H27NO. The Bertz CT molecular complexity index is 394. The molecule has 0 radical (unpaired) electrons. The smallest absolute Gasteiger partial charge is 0.0553 e. The van der Waals surface area contributed by atoms with Gasteiger partial charge >= 0.3 is 0 Å². The Morgan fingerprint density at radius 1 is 1.32 bits per heavy atom. The predicted octanol–water partition coefficient (Wildman–Crippen LogP) is 3.30. The summed E-state index contributed by atoms with van der Waals surface area (Å²) in [4.78, 5) is 0. The minimum Gasteiger partial charge on any atom is -0.384 e. The molecule has 0 spiro atoms. The maximum Gasteiger partial charge on any atom is 0.0553 e. The van der Waals surface area contributed by atoms with Gasteiger partial charge in [0, 0.05) is 18.6 Å². The van der Waals surface area contributed by atoms with Crippen LogP contribution >= 0.6 is 0 Å². The van der Waals surface area contributed by atoms with Crippen LogP contribution in [-0.2, 0) is 16.6 Å². The highest BCUT2D eigenvalue weighted by Gasteiger charge is 2.21. The maximum absolute atomic E-state index is 5.34. The van der Waals surface area contributed by atoms with E-state index < -0.39 is 0 Å². The molecule has 106 valence electrons. The third kappa shape index (κ3) is 4.05. The predicted molar refractivity (Wildman–Crippen MR) is 80.7 cm³/mol. The van der Waals surface area contributed by atoms with Gasteiger partial charge in [-0.15, -0.1) is 0 Å². The van der Waals surface area contributed by atoms with Gasteiger partial charge < -0.3 is 10.1 Å². The van der Waals surface area contributed by atoms with Crippen LogP contribution in [0.1, 0.15) is 44.2 Å². The van der Waals surface area contributed by atoms with E-state index in [1.807, 2.05) is 0 Å². The van der Waals surface area contributed by atoms with Crippen molar-refractivity contribution < 1.29 is 4.74 Å². The third-order valence-corrected chi connectivity index (χ3v) is 4.11. The first-order valence-electron chi connectivity index (χ1n) is 7.43. The summed E-state index contributed by atoms with van der Waals surface area (Å²) >= 11 is 0. The summed E-state index contributed by atoms with van der Waals surface area (Å²) in [6.45, 7) is 6.43. The molecular weight excluding hydrogens is 234 g/mol. The van der Waals surface area contributed by atoms with Gasteiger partial charge in [-0.05, 0) is 36.9 Å². The topological polar surface area (TPSA) is 21.3 Å².